The first-order valence-electron chi connectivity index (χ1n) is 10.7. The summed E-state index contributed by atoms with van der Waals surface area (Å²) in [6, 6.07) is 16.4. The van der Waals surface area contributed by atoms with Gasteiger partial charge in [-0.2, -0.15) is 30.7 Å². The number of benzene rings is 2. The molecule has 190 valence electrons. The highest BCUT2D eigenvalue weighted by Crippen LogP contribution is 2.48. The molecule has 4 rings (SSSR count). The van der Waals surface area contributed by atoms with Crippen LogP contribution in [0, 0.1) is 0 Å². The molecule has 2 aromatic carbocycles. The highest BCUT2D eigenvalue weighted by Gasteiger charge is 2.72. The molecule has 0 spiro atoms. The largest absolute Gasteiger partial charge is 0.478 e. The fourth-order valence-corrected chi connectivity index (χ4v) is 4.11. The molecule has 2 nitrogen and oxygen atoms in total. The summed E-state index contributed by atoms with van der Waals surface area (Å²) in [5.41, 5.74) is 5.61. The molecule has 2 atom stereocenters. The van der Waals surface area contributed by atoms with E-state index in [1.165, 1.54) is 28.3 Å². The molecule has 2 aliphatic rings. The number of carbonyl (C=O) groups is 1. The lowest BCUT2D eigenvalue weighted by molar-refractivity contribution is -0.353. The second-order valence-corrected chi connectivity index (χ2v) is 8.18. The van der Waals surface area contributed by atoms with Crippen LogP contribution in [0.3, 0.4) is 0 Å². The third-order valence-electron chi connectivity index (χ3n) is 5.82. The predicted octanol–water partition coefficient (Wildman–Crippen LogP) is 8.01. The van der Waals surface area contributed by atoms with Gasteiger partial charge in [-0.15, -0.1) is 6.58 Å². The van der Waals surface area contributed by atoms with Crippen molar-refractivity contribution in [2.75, 3.05) is 0 Å². The fourth-order valence-electron chi connectivity index (χ4n) is 4.11. The second kappa shape index (κ2) is 10.2. The van der Waals surface area contributed by atoms with Gasteiger partial charge in [0.25, 0.3) is 0 Å². The van der Waals surface area contributed by atoms with Crippen LogP contribution in [0.25, 0.3) is 12.2 Å². The van der Waals surface area contributed by atoms with Crippen molar-refractivity contribution in [3.8, 4) is 0 Å². The summed E-state index contributed by atoms with van der Waals surface area (Å²) in [6.07, 6.45) is 2.09. The van der Waals surface area contributed by atoms with Crippen molar-refractivity contribution in [1.29, 1.82) is 0 Å². The SMILES string of the molecule is C=CCC(F)(F)C(F)(F)C(F)(F)F.O=C(O)C=C(C1C=Cc2ccccc21)C1C=Cc2ccccc21. The van der Waals surface area contributed by atoms with Crippen molar-refractivity contribution in [3.05, 3.63) is 107 Å². The molecule has 2 aliphatic carbocycles. The summed E-state index contributed by atoms with van der Waals surface area (Å²) in [5.74, 6) is -12.0. The lowest BCUT2D eigenvalue weighted by Gasteiger charge is -2.27. The maximum absolute atomic E-state index is 12.2. The number of halogens is 7. The normalized spacial score (nSPS) is 18.1. The van der Waals surface area contributed by atoms with Crippen LogP contribution in [0.15, 0.2) is 85.0 Å². The van der Waals surface area contributed by atoms with Crippen LogP contribution in [0.4, 0.5) is 30.7 Å². The van der Waals surface area contributed by atoms with Crippen molar-refractivity contribution in [3.63, 3.8) is 0 Å². The quantitative estimate of drug-likeness (QED) is 0.243. The number of hydrogen-bond donors (Lipinski definition) is 1. The highest BCUT2D eigenvalue weighted by molar-refractivity contribution is 5.83. The number of allylic oxidation sites excluding steroid dienone is 4. The van der Waals surface area contributed by atoms with Crippen molar-refractivity contribution in [2.24, 2.45) is 0 Å². The zero-order valence-corrected chi connectivity index (χ0v) is 18.7. The Kier molecular flexibility index (Phi) is 7.62. The van der Waals surface area contributed by atoms with E-state index in [1.807, 2.05) is 24.3 Å². The van der Waals surface area contributed by atoms with E-state index in [9.17, 15) is 40.6 Å². The van der Waals surface area contributed by atoms with Gasteiger partial charge in [-0.1, -0.05) is 78.9 Å². The van der Waals surface area contributed by atoms with Crippen LogP contribution in [-0.2, 0) is 4.79 Å². The molecule has 0 aliphatic heterocycles. The Morgan fingerprint density at radius 3 is 1.67 bits per heavy atom. The minimum atomic E-state index is -6.25. The monoisotopic (exact) mass is 510 g/mol. The molecule has 0 amide bonds. The van der Waals surface area contributed by atoms with Crippen LogP contribution in [-0.4, -0.2) is 29.1 Å². The Morgan fingerprint density at radius 1 is 0.833 bits per heavy atom. The van der Waals surface area contributed by atoms with Gasteiger partial charge in [-0.3, -0.25) is 0 Å². The number of carboxylic acids is 1. The standard InChI is InChI=1S/C21H16O2.C6H5F7/c22-21(23)13-20(18-11-9-14-5-1-3-7-16(14)18)19-12-10-15-6-2-4-8-17(15)19;1-2-3-4(7,8)5(9,10)6(11,12)13/h1-13,18-19H,(H,22,23);2H,1,3H2. The van der Waals surface area contributed by atoms with E-state index in [0.29, 0.717) is 6.08 Å². The van der Waals surface area contributed by atoms with Gasteiger partial charge in [0.05, 0.1) is 0 Å². The molecule has 0 bridgehead atoms. The van der Waals surface area contributed by atoms with Gasteiger partial charge >= 0.3 is 24.0 Å². The first-order chi connectivity index (χ1) is 16.8. The van der Waals surface area contributed by atoms with Crippen molar-refractivity contribution in [1.82, 2.24) is 0 Å². The average molecular weight is 510 g/mol. The average Bonchev–Trinajstić information content (AvgIpc) is 3.42. The van der Waals surface area contributed by atoms with Gasteiger partial charge in [0.2, 0.25) is 0 Å². The first-order valence-corrected chi connectivity index (χ1v) is 10.7. The van der Waals surface area contributed by atoms with Crippen LogP contribution in [0.1, 0.15) is 40.5 Å². The summed E-state index contributed by atoms with van der Waals surface area (Å²) in [7, 11) is 0. The summed E-state index contributed by atoms with van der Waals surface area (Å²) >= 11 is 0. The molecule has 1 N–H and O–H groups in total. The Hall–Kier alpha value is -3.62. The lowest BCUT2D eigenvalue weighted by atomic mass is 9.81. The molecule has 0 saturated heterocycles. The summed E-state index contributed by atoms with van der Waals surface area (Å²) in [5, 5.41) is 9.38. The molecule has 0 aromatic heterocycles. The molecular weight excluding hydrogens is 489 g/mol. The van der Waals surface area contributed by atoms with E-state index in [2.05, 4.69) is 55.1 Å². The van der Waals surface area contributed by atoms with E-state index < -0.39 is 30.4 Å². The van der Waals surface area contributed by atoms with Crippen molar-refractivity contribution >= 4 is 18.1 Å². The number of fused-ring (bicyclic) bond motifs is 2. The number of hydrogen-bond acceptors (Lipinski definition) is 1. The minimum absolute atomic E-state index is 0.0168. The minimum Gasteiger partial charge on any atom is -0.478 e. The fraction of sp³-hybridized carbons (Fsp3) is 0.222. The highest BCUT2D eigenvalue weighted by atomic mass is 19.4. The van der Waals surface area contributed by atoms with Crippen LogP contribution >= 0.6 is 0 Å². The Bertz CT molecular complexity index is 1160. The molecule has 0 radical (unpaired) electrons. The molecule has 2 unspecified atom stereocenters. The van der Waals surface area contributed by atoms with Gasteiger partial charge in [0.15, 0.2) is 0 Å². The number of carboxylic acid groups (broad SMARTS) is 1. The number of rotatable bonds is 6. The molecule has 0 fully saturated rings. The molecule has 9 heteroatoms. The van der Waals surface area contributed by atoms with Gasteiger partial charge in [0.1, 0.15) is 0 Å². The van der Waals surface area contributed by atoms with Crippen molar-refractivity contribution in [2.45, 2.75) is 36.3 Å². The van der Waals surface area contributed by atoms with Crippen molar-refractivity contribution < 1.29 is 40.6 Å². The topological polar surface area (TPSA) is 37.3 Å². The maximum Gasteiger partial charge on any atom is 0.459 e. The maximum atomic E-state index is 12.2. The number of alkyl halides is 7. The van der Waals surface area contributed by atoms with E-state index >= 15 is 0 Å². The molecule has 0 saturated carbocycles. The van der Waals surface area contributed by atoms with Gasteiger partial charge in [0, 0.05) is 24.3 Å². The number of aliphatic carboxylic acids is 1. The molecule has 36 heavy (non-hydrogen) atoms. The zero-order valence-electron chi connectivity index (χ0n) is 18.7. The van der Waals surface area contributed by atoms with Gasteiger partial charge in [-0.05, 0) is 27.8 Å². The van der Waals surface area contributed by atoms with Crippen LogP contribution in [0.5, 0.6) is 0 Å². The predicted molar refractivity (Wildman–Crippen MR) is 123 cm³/mol. The lowest BCUT2D eigenvalue weighted by Crippen LogP contribution is -2.51. The summed E-state index contributed by atoms with van der Waals surface area (Å²) in [6.45, 7) is 2.66. The van der Waals surface area contributed by atoms with Gasteiger partial charge in [-0.25, -0.2) is 4.79 Å². The molecule has 2 aromatic rings. The van der Waals surface area contributed by atoms with Crippen LogP contribution < -0.4 is 0 Å². The van der Waals surface area contributed by atoms with E-state index in [0.717, 1.165) is 5.57 Å². The molecular formula is C27H21F7O2. The Balaban J connectivity index is 0.000000240. The first kappa shape index (κ1) is 27.0. The summed E-state index contributed by atoms with van der Waals surface area (Å²) < 4.78 is 82.4. The van der Waals surface area contributed by atoms with Gasteiger partial charge < -0.3 is 5.11 Å². The van der Waals surface area contributed by atoms with E-state index in [1.54, 1.807) is 0 Å². The second-order valence-electron chi connectivity index (χ2n) is 8.18. The zero-order chi connectivity index (χ0) is 26.7. The third kappa shape index (κ3) is 5.29. The Morgan fingerprint density at radius 2 is 1.28 bits per heavy atom. The molecule has 0 heterocycles. The summed E-state index contributed by atoms with van der Waals surface area (Å²) in [4.78, 5) is 11.4. The third-order valence-corrected chi connectivity index (χ3v) is 5.82. The van der Waals surface area contributed by atoms with E-state index in [4.69, 9.17) is 0 Å². The Labute approximate surface area is 202 Å². The van der Waals surface area contributed by atoms with E-state index in [-0.39, 0.29) is 11.8 Å². The van der Waals surface area contributed by atoms with Crippen LogP contribution in [0.2, 0.25) is 0 Å². The smallest absolute Gasteiger partial charge is 0.459 e.